The molecule has 0 bridgehead atoms. The third-order valence-electron chi connectivity index (χ3n) is 5.24. The van der Waals surface area contributed by atoms with E-state index in [0.29, 0.717) is 17.9 Å². The van der Waals surface area contributed by atoms with E-state index >= 15 is 0 Å². The van der Waals surface area contributed by atoms with E-state index in [1.54, 1.807) is 24.5 Å². The van der Waals surface area contributed by atoms with Crippen molar-refractivity contribution in [2.24, 2.45) is 0 Å². The minimum atomic E-state index is -2.60. The summed E-state index contributed by atoms with van der Waals surface area (Å²) in [7, 11) is -2.60. The van der Waals surface area contributed by atoms with Crippen molar-refractivity contribution >= 4 is 34.3 Å². The average molecular weight is 376 g/mol. The van der Waals surface area contributed by atoms with Crippen LogP contribution in [-0.4, -0.2) is 27.4 Å². The monoisotopic (exact) mass is 376 g/mol. The van der Waals surface area contributed by atoms with Gasteiger partial charge in [-0.25, -0.2) is 0 Å². The maximum Gasteiger partial charge on any atom is 0.124 e. The Morgan fingerprint density at radius 2 is 1.37 bits per heavy atom. The summed E-state index contributed by atoms with van der Waals surface area (Å²) in [6.07, 6.45) is 4.63. The highest BCUT2D eigenvalue weighted by Crippen LogP contribution is 2.49. The van der Waals surface area contributed by atoms with E-state index in [0.717, 1.165) is 32.7 Å². The fourth-order valence-electron chi connectivity index (χ4n) is 3.71. The van der Waals surface area contributed by atoms with Crippen molar-refractivity contribution in [3.05, 3.63) is 60.9 Å². The van der Waals surface area contributed by atoms with E-state index < -0.39 is 7.14 Å². The van der Waals surface area contributed by atoms with Crippen LogP contribution in [0, 0.1) is 0 Å². The first-order chi connectivity index (χ1) is 13.1. The van der Waals surface area contributed by atoms with Gasteiger partial charge in [-0.3, -0.25) is 9.97 Å². The van der Waals surface area contributed by atoms with Crippen LogP contribution in [0.1, 0.15) is 13.8 Å². The predicted molar refractivity (Wildman–Crippen MR) is 112 cm³/mol. The smallest absolute Gasteiger partial charge is 0.124 e. The molecular weight excluding hydrogens is 355 g/mol. The van der Waals surface area contributed by atoms with Crippen LogP contribution in [-0.2, 0) is 4.57 Å². The van der Waals surface area contributed by atoms with Crippen LogP contribution in [0.3, 0.4) is 0 Å². The minimum absolute atomic E-state index is 0.159. The summed E-state index contributed by atoms with van der Waals surface area (Å²) in [5.74, 6) is 0.159. The Morgan fingerprint density at radius 3 is 1.96 bits per heavy atom. The summed E-state index contributed by atoms with van der Waals surface area (Å²) in [4.78, 5) is 8.89. The quantitative estimate of drug-likeness (QED) is 0.498. The fourth-order valence-corrected chi connectivity index (χ4v) is 5.83. The molecule has 4 aromatic rings. The molecule has 136 valence electrons. The largest absolute Gasteiger partial charge is 0.507 e. The standard InChI is InChI=1S/C22H21N2O2P/c1-3-27(26,4-2)20-12-10-18-16(8-6-14-24-18)22(20)21-15-7-5-13-23-17(15)9-11-19(21)25/h5-14,25H,3-4H2,1-2H3. The fraction of sp³-hybridized carbons (Fsp3) is 0.182. The number of aromatic nitrogens is 2. The first-order valence-corrected chi connectivity index (χ1v) is 11.2. The number of hydrogen-bond acceptors (Lipinski definition) is 4. The van der Waals surface area contributed by atoms with Gasteiger partial charge in [-0.15, -0.1) is 0 Å². The molecule has 0 amide bonds. The molecular formula is C22H21N2O2P. The van der Waals surface area contributed by atoms with Crippen LogP contribution in [0.5, 0.6) is 5.75 Å². The molecule has 1 N–H and O–H groups in total. The molecule has 0 aliphatic heterocycles. The lowest BCUT2D eigenvalue weighted by Crippen LogP contribution is -2.13. The SMILES string of the molecule is CCP(=O)(CC)c1ccc2ncccc2c1-c1c(O)ccc2ncccc12. The lowest BCUT2D eigenvalue weighted by Gasteiger charge is -2.22. The minimum Gasteiger partial charge on any atom is -0.507 e. The molecule has 0 radical (unpaired) electrons. The zero-order chi connectivity index (χ0) is 19.0. The summed E-state index contributed by atoms with van der Waals surface area (Å²) in [5, 5.41) is 13.4. The molecule has 0 saturated heterocycles. The van der Waals surface area contributed by atoms with Gasteiger partial charge in [0.25, 0.3) is 0 Å². The Kier molecular flexibility index (Phi) is 4.45. The number of fused-ring (bicyclic) bond motifs is 2. The Balaban J connectivity index is 2.23. The van der Waals surface area contributed by atoms with Crippen LogP contribution in [0.2, 0.25) is 0 Å². The molecule has 2 heterocycles. The van der Waals surface area contributed by atoms with Gasteiger partial charge >= 0.3 is 0 Å². The first-order valence-electron chi connectivity index (χ1n) is 9.12. The zero-order valence-corrected chi connectivity index (χ0v) is 16.3. The molecule has 0 spiro atoms. The molecule has 0 atom stereocenters. The molecule has 0 saturated carbocycles. The predicted octanol–water partition coefficient (Wildman–Crippen LogP) is 5.18. The number of rotatable bonds is 4. The van der Waals surface area contributed by atoms with Crippen molar-refractivity contribution in [3.8, 4) is 16.9 Å². The van der Waals surface area contributed by atoms with Gasteiger partial charge in [0, 0.05) is 51.9 Å². The number of nitrogens with zero attached hydrogens (tertiary/aromatic N) is 2. The molecule has 0 aliphatic rings. The third kappa shape index (κ3) is 2.81. The highest BCUT2D eigenvalue weighted by atomic mass is 31.2. The first kappa shape index (κ1) is 17.7. The summed E-state index contributed by atoms with van der Waals surface area (Å²) in [6, 6.07) is 15.0. The number of pyridine rings is 2. The molecule has 0 unspecified atom stereocenters. The summed E-state index contributed by atoms with van der Waals surface area (Å²) in [6.45, 7) is 3.93. The Labute approximate surface area is 158 Å². The van der Waals surface area contributed by atoms with Crippen molar-refractivity contribution in [1.82, 2.24) is 9.97 Å². The van der Waals surface area contributed by atoms with Crippen LogP contribution in [0.4, 0.5) is 0 Å². The number of phenols is 1. The van der Waals surface area contributed by atoms with E-state index in [2.05, 4.69) is 9.97 Å². The van der Waals surface area contributed by atoms with E-state index in [-0.39, 0.29) is 5.75 Å². The number of phenolic OH excluding ortho intramolecular Hbond substituents is 1. The summed E-state index contributed by atoms with van der Waals surface area (Å²) >= 11 is 0. The van der Waals surface area contributed by atoms with Gasteiger partial charge < -0.3 is 9.67 Å². The highest BCUT2D eigenvalue weighted by Gasteiger charge is 2.27. The average Bonchev–Trinajstić information content (AvgIpc) is 2.72. The van der Waals surface area contributed by atoms with Gasteiger partial charge in [0.1, 0.15) is 12.9 Å². The lowest BCUT2D eigenvalue weighted by molar-refractivity contribution is 0.478. The maximum absolute atomic E-state index is 13.7. The van der Waals surface area contributed by atoms with Gasteiger partial charge in [0.2, 0.25) is 0 Å². The van der Waals surface area contributed by atoms with Gasteiger partial charge in [-0.1, -0.05) is 26.0 Å². The van der Waals surface area contributed by atoms with Crippen LogP contribution in [0.15, 0.2) is 60.9 Å². The van der Waals surface area contributed by atoms with Crippen molar-refractivity contribution in [1.29, 1.82) is 0 Å². The van der Waals surface area contributed by atoms with E-state index in [1.165, 1.54) is 0 Å². The van der Waals surface area contributed by atoms with Crippen molar-refractivity contribution < 1.29 is 9.67 Å². The number of aromatic hydroxyl groups is 1. The molecule has 4 nitrogen and oxygen atoms in total. The Bertz CT molecular complexity index is 1200. The normalized spacial score (nSPS) is 11.9. The van der Waals surface area contributed by atoms with Crippen molar-refractivity contribution in [3.63, 3.8) is 0 Å². The van der Waals surface area contributed by atoms with Crippen LogP contribution >= 0.6 is 7.14 Å². The third-order valence-corrected chi connectivity index (χ3v) is 8.53. The molecule has 27 heavy (non-hydrogen) atoms. The maximum atomic E-state index is 13.7. The van der Waals surface area contributed by atoms with E-state index in [4.69, 9.17) is 0 Å². The van der Waals surface area contributed by atoms with Gasteiger partial charge in [-0.2, -0.15) is 0 Å². The molecule has 4 rings (SSSR count). The summed E-state index contributed by atoms with van der Waals surface area (Å²) in [5.41, 5.74) is 3.09. The van der Waals surface area contributed by atoms with E-state index in [1.807, 2.05) is 50.2 Å². The van der Waals surface area contributed by atoms with Gasteiger partial charge in [0.05, 0.1) is 11.0 Å². The van der Waals surface area contributed by atoms with Crippen molar-refractivity contribution in [2.75, 3.05) is 12.3 Å². The molecule has 2 aromatic heterocycles. The molecule has 0 fully saturated rings. The highest BCUT2D eigenvalue weighted by molar-refractivity contribution is 7.71. The van der Waals surface area contributed by atoms with Crippen molar-refractivity contribution in [2.45, 2.75) is 13.8 Å². The molecule has 5 heteroatoms. The van der Waals surface area contributed by atoms with Gasteiger partial charge in [0.15, 0.2) is 0 Å². The van der Waals surface area contributed by atoms with Crippen LogP contribution in [0.25, 0.3) is 32.9 Å². The Hall–Kier alpha value is -2.71. The summed E-state index contributed by atoms with van der Waals surface area (Å²) < 4.78 is 13.7. The second kappa shape index (κ2) is 6.79. The molecule has 2 aromatic carbocycles. The number of hydrogen-bond donors (Lipinski definition) is 1. The second-order valence-electron chi connectivity index (χ2n) is 6.58. The topological polar surface area (TPSA) is 63.1 Å². The Morgan fingerprint density at radius 1 is 0.815 bits per heavy atom. The van der Waals surface area contributed by atoms with Crippen LogP contribution < -0.4 is 5.30 Å². The zero-order valence-electron chi connectivity index (χ0n) is 15.4. The second-order valence-corrected chi connectivity index (χ2v) is 10.1. The van der Waals surface area contributed by atoms with E-state index in [9.17, 15) is 9.67 Å². The molecule has 0 aliphatic carbocycles. The lowest BCUT2D eigenvalue weighted by atomic mass is 9.96. The van der Waals surface area contributed by atoms with Gasteiger partial charge in [-0.05, 0) is 36.4 Å². The number of benzene rings is 2.